The topological polar surface area (TPSA) is 37.3 Å². The van der Waals surface area contributed by atoms with Crippen molar-refractivity contribution in [1.29, 1.82) is 0 Å². The second-order valence-electron chi connectivity index (χ2n) is 5.83. The molecular weight excluding hydrogens is 260 g/mol. The zero-order valence-electron chi connectivity index (χ0n) is 12.0. The molecule has 1 aliphatic carbocycles. The minimum absolute atomic E-state index is 0.114. The van der Waals surface area contributed by atoms with Crippen molar-refractivity contribution in [3.05, 3.63) is 71.8 Å². The lowest BCUT2D eigenvalue weighted by molar-refractivity contribution is -0.144. The summed E-state index contributed by atoms with van der Waals surface area (Å²) >= 11 is 0. The Morgan fingerprint density at radius 1 is 0.810 bits per heavy atom. The Morgan fingerprint density at radius 3 is 1.62 bits per heavy atom. The normalized spacial score (nSPS) is 25.4. The van der Waals surface area contributed by atoms with Gasteiger partial charge in [0.2, 0.25) is 0 Å². The first kappa shape index (κ1) is 13.9. The highest BCUT2D eigenvalue weighted by Crippen LogP contribution is 2.46. The quantitative estimate of drug-likeness (QED) is 0.902. The van der Waals surface area contributed by atoms with Crippen LogP contribution in [0.1, 0.15) is 42.2 Å². The second kappa shape index (κ2) is 6.13. The molecule has 3 rings (SSSR count). The van der Waals surface area contributed by atoms with Crippen LogP contribution in [-0.4, -0.2) is 11.1 Å². The summed E-state index contributed by atoms with van der Waals surface area (Å²) in [6.45, 7) is 0. The minimum Gasteiger partial charge on any atom is -0.481 e. The van der Waals surface area contributed by atoms with Gasteiger partial charge in [-0.25, -0.2) is 0 Å². The Kier molecular flexibility index (Phi) is 4.05. The second-order valence-corrected chi connectivity index (χ2v) is 5.83. The first-order valence-electron chi connectivity index (χ1n) is 7.60. The van der Waals surface area contributed by atoms with Crippen molar-refractivity contribution < 1.29 is 9.90 Å². The summed E-state index contributed by atoms with van der Waals surface area (Å²) in [7, 11) is 0. The molecule has 2 aromatic rings. The maximum atomic E-state index is 11.9. The number of carboxylic acids is 1. The van der Waals surface area contributed by atoms with Gasteiger partial charge in [0.05, 0.1) is 5.92 Å². The summed E-state index contributed by atoms with van der Waals surface area (Å²) in [6, 6.07) is 20.2. The number of aliphatic carboxylic acids is 1. The molecule has 1 aliphatic rings. The van der Waals surface area contributed by atoms with Crippen molar-refractivity contribution in [1.82, 2.24) is 0 Å². The highest BCUT2D eigenvalue weighted by molar-refractivity contribution is 5.73. The number of carbonyl (C=O) groups is 1. The van der Waals surface area contributed by atoms with E-state index in [1.54, 1.807) is 0 Å². The smallest absolute Gasteiger partial charge is 0.307 e. The first-order valence-corrected chi connectivity index (χ1v) is 7.60. The van der Waals surface area contributed by atoms with Gasteiger partial charge in [-0.2, -0.15) is 0 Å². The molecule has 0 amide bonds. The van der Waals surface area contributed by atoms with E-state index in [4.69, 9.17) is 0 Å². The van der Waals surface area contributed by atoms with Crippen LogP contribution in [-0.2, 0) is 4.79 Å². The molecule has 1 unspecified atom stereocenters. The molecule has 1 fully saturated rings. The predicted octanol–water partition coefficient (Wildman–Crippen LogP) is 4.44. The number of hydrogen-bond acceptors (Lipinski definition) is 1. The van der Waals surface area contributed by atoms with Crippen LogP contribution in [0.2, 0.25) is 0 Å². The highest BCUT2D eigenvalue weighted by Gasteiger charge is 2.39. The van der Waals surface area contributed by atoms with Crippen molar-refractivity contribution in [2.24, 2.45) is 5.92 Å². The monoisotopic (exact) mass is 280 g/mol. The fourth-order valence-electron chi connectivity index (χ4n) is 3.69. The summed E-state index contributed by atoms with van der Waals surface area (Å²) in [4.78, 5) is 11.9. The van der Waals surface area contributed by atoms with Gasteiger partial charge in [-0.15, -0.1) is 0 Å². The molecule has 0 spiro atoms. The summed E-state index contributed by atoms with van der Waals surface area (Å²) in [6.07, 6.45) is 3.01. The zero-order valence-corrected chi connectivity index (χ0v) is 12.0. The van der Waals surface area contributed by atoms with Crippen molar-refractivity contribution in [2.45, 2.75) is 31.1 Å². The van der Waals surface area contributed by atoms with Crippen molar-refractivity contribution in [3.8, 4) is 0 Å². The van der Waals surface area contributed by atoms with Crippen LogP contribution in [0, 0.1) is 5.92 Å². The average Bonchev–Trinajstić information content (AvgIpc) is 2.55. The molecule has 21 heavy (non-hydrogen) atoms. The summed E-state index contributed by atoms with van der Waals surface area (Å²) in [5.41, 5.74) is 2.32. The van der Waals surface area contributed by atoms with Crippen LogP contribution < -0.4 is 0 Å². The van der Waals surface area contributed by atoms with Crippen molar-refractivity contribution >= 4 is 5.97 Å². The van der Waals surface area contributed by atoms with E-state index in [1.165, 1.54) is 0 Å². The van der Waals surface area contributed by atoms with E-state index in [9.17, 15) is 9.90 Å². The maximum Gasteiger partial charge on any atom is 0.307 e. The molecule has 1 saturated carbocycles. The van der Waals surface area contributed by atoms with Crippen LogP contribution >= 0.6 is 0 Å². The zero-order chi connectivity index (χ0) is 14.7. The average molecular weight is 280 g/mol. The Balaban J connectivity index is 1.97. The molecule has 2 nitrogen and oxygen atoms in total. The van der Waals surface area contributed by atoms with Crippen LogP contribution in [0.5, 0.6) is 0 Å². The lowest BCUT2D eigenvalue weighted by atomic mass is 9.67. The largest absolute Gasteiger partial charge is 0.481 e. The van der Waals surface area contributed by atoms with Gasteiger partial charge in [-0.1, -0.05) is 67.1 Å². The van der Waals surface area contributed by atoms with Gasteiger partial charge in [-0.05, 0) is 35.8 Å². The molecule has 0 heterocycles. The predicted molar refractivity (Wildman–Crippen MR) is 83.3 cm³/mol. The summed E-state index contributed by atoms with van der Waals surface area (Å²) in [5, 5.41) is 9.80. The molecule has 2 heteroatoms. The fourth-order valence-corrected chi connectivity index (χ4v) is 3.69. The third-order valence-electron chi connectivity index (χ3n) is 4.64. The van der Waals surface area contributed by atoms with Crippen LogP contribution in [0.4, 0.5) is 0 Å². The van der Waals surface area contributed by atoms with Crippen molar-refractivity contribution in [3.63, 3.8) is 0 Å². The number of rotatable bonds is 3. The van der Waals surface area contributed by atoms with E-state index in [0.29, 0.717) is 0 Å². The Bertz CT molecular complexity index is 544. The van der Waals surface area contributed by atoms with E-state index in [2.05, 4.69) is 24.3 Å². The van der Waals surface area contributed by atoms with E-state index < -0.39 is 5.97 Å². The molecule has 0 bridgehead atoms. The molecule has 1 N–H and O–H groups in total. The van der Waals surface area contributed by atoms with Gasteiger partial charge in [-0.3, -0.25) is 4.79 Å². The summed E-state index contributed by atoms with van der Waals surface area (Å²) < 4.78 is 0. The first-order chi connectivity index (χ1) is 10.3. The Morgan fingerprint density at radius 2 is 1.24 bits per heavy atom. The molecule has 3 atom stereocenters. The van der Waals surface area contributed by atoms with Gasteiger partial charge < -0.3 is 5.11 Å². The minimum atomic E-state index is -0.669. The third kappa shape index (κ3) is 2.85. The number of hydrogen-bond donors (Lipinski definition) is 1. The number of carboxylic acid groups (broad SMARTS) is 1. The lowest BCUT2D eigenvalue weighted by Gasteiger charge is -2.36. The molecule has 0 radical (unpaired) electrons. The standard InChI is InChI=1S/C19H20O2/c20-19(21)18-16(14-8-3-1-4-9-14)12-7-13-17(18)15-10-5-2-6-11-15/h1-6,8-11,16-18H,7,12-13H2,(H,20,21)/t16-,17+,18?. The van der Waals surface area contributed by atoms with E-state index in [1.807, 2.05) is 36.4 Å². The Hall–Kier alpha value is -2.09. The maximum absolute atomic E-state index is 11.9. The van der Waals surface area contributed by atoms with Gasteiger partial charge >= 0.3 is 5.97 Å². The van der Waals surface area contributed by atoms with Gasteiger partial charge in [0.25, 0.3) is 0 Å². The van der Waals surface area contributed by atoms with Gasteiger partial charge in [0.15, 0.2) is 0 Å². The fraction of sp³-hybridized carbons (Fsp3) is 0.316. The van der Waals surface area contributed by atoms with E-state index in [0.717, 1.165) is 30.4 Å². The molecule has 108 valence electrons. The summed E-state index contributed by atoms with van der Waals surface area (Å²) in [5.74, 6) is -0.772. The van der Waals surface area contributed by atoms with Crippen LogP contribution in [0.25, 0.3) is 0 Å². The number of benzene rings is 2. The van der Waals surface area contributed by atoms with E-state index >= 15 is 0 Å². The van der Waals surface area contributed by atoms with Crippen molar-refractivity contribution in [2.75, 3.05) is 0 Å². The third-order valence-corrected chi connectivity index (χ3v) is 4.64. The molecule has 0 aromatic heterocycles. The molecule has 0 aliphatic heterocycles. The highest BCUT2D eigenvalue weighted by atomic mass is 16.4. The lowest BCUT2D eigenvalue weighted by Crippen LogP contribution is -2.32. The van der Waals surface area contributed by atoms with E-state index in [-0.39, 0.29) is 17.8 Å². The molecule has 0 saturated heterocycles. The molecule has 2 aromatic carbocycles. The van der Waals surface area contributed by atoms with Crippen LogP contribution in [0.3, 0.4) is 0 Å². The van der Waals surface area contributed by atoms with Gasteiger partial charge in [0, 0.05) is 0 Å². The molecular formula is C19H20O2. The SMILES string of the molecule is O=C(O)C1[C@@H](c2ccccc2)CCC[C@H]1c1ccccc1. The van der Waals surface area contributed by atoms with Crippen LogP contribution in [0.15, 0.2) is 60.7 Å². The van der Waals surface area contributed by atoms with Gasteiger partial charge in [0.1, 0.15) is 0 Å². The Labute approximate surface area is 125 Å².